The molecule has 1 aliphatic heterocycles. The summed E-state index contributed by atoms with van der Waals surface area (Å²) in [5, 5.41) is 2.98. The fourth-order valence-electron chi connectivity index (χ4n) is 3.71. The molecule has 3 aromatic carbocycles. The first-order valence-corrected chi connectivity index (χ1v) is 10.1. The quantitative estimate of drug-likeness (QED) is 0.646. The van der Waals surface area contributed by atoms with Crippen molar-refractivity contribution in [3.63, 3.8) is 0 Å². The second kappa shape index (κ2) is 8.82. The predicted molar refractivity (Wildman–Crippen MR) is 116 cm³/mol. The zero-order valence-electron chi connectivity index (χ0n) is 16.7. The first-order chi connectivity index (χ1) is 14.2. The van der Waals surface area contributed by atoms with Crippen LogP contribution in [0.25, 0.3) is 0 Å². The minimum atomic E-state index is -0.0584. The lowest BCUT2D eigenvalue weighted by atomic mass is 10.1. The standard InChI is InChI=1S/C25H26N2O2/c1-2-29-23-13-9-19(10-14-23)17-26-25(28)22-11-7-20(8-12-22)18-27-16-15-21-5-3-4-6-24(21)27/h3-14H,2,15-18H2,1H3,(H,26,28). The van der Waals surface area contributed by atoms with Crippen molar-refractivity contribution in [3.8, 4) is 5.75 Å². The number of ether oxygens (including phenoxy) is 1. The number of anilines is 1. The van der Waals surface area contributed by atoms with Crippen molar-refractivity contribution < 1.29 is 9.53 Å². The van der Waals surface area contributed by atoms with Crippen LogP contribution in [0.15, 0.2) is 72.8 Å². The van der Waals surface area contributed by atoms with Gasteiger partial charge in [0.1, 0.15) is 5.75 Å². The minimum Gasteiger partial charge on any atom is -0.494 e. The van der Waals surface area contributed by atoms with Crippen LogP contribution >= 0.6 is 0 Å². The Hall–Kier alpha value is -3.27. The first-order valence-electron chi connectivity index (χ1n) is 10.1. The number of para-hydroxylation sites is 1. The van der Waals surface area contributed by atoms with Crippen LogP contribution in [0.5, 0.6) is 5.75 Å². The molecule has 0 atom stereocenters. The second-order valence-corrected chi connectivity index (χ2v) is 7.26. The Morgan fingerprint density at radius 3 is 2.45 bits per heavy atom. The van der Waals surface area contributed by atoms with Crippen LogP contribution in [0.4, 0.5) is 5.69 Å². The van der Waals surface area contributed by atoms with Gasteiger partial charge in [-0.2, -0.15) is 0 Å². The molecule has 4 rings (SSSR count). The molecule has 0 saturated heterocycles. The molecule has 0 spiro atoms. The molecular formula is C25H26N2O2. The maximum Gasteiger partial charge on any atom is 0.251 e. The van der Waals surface area contributed by atoms with E-state index in [2.05, 4.69) is 34.5 Å². The van der Waals surface area contributed by atoms with Crippen LogP contribution in [0.3, 0.4) is 0 Å². The maximum atomic E-state index is 12.5. The van der Waals surface area contributed by atoms with Crippen LogP contribution < -0.4 is 15.0 Å². The van der Waals surface area contributed by atoms with Gasteiger partial charge in [0.25, 0.3) is 5.91 Å². The van der Waals surface area contributed by atoms with Crippen molar-refractivity contribution in [2.75, 3.05) is 18.1 Å². The monoisotopic (exact) mass is 386 g/mol. The molecule has 0 aromatic heterocycles. The lowest BCUT2D eigenvalue weighted by Gasteiger charge is -2.19. The van der Waals surface area contributed by atoms with Crippen molar-refractivity contribution in [3.05, 3.63) is 95.1 Å². The van der Waals surface area contributed by atoms with Gasteiger partial charge in [0, 0.05) is 30.9 Å². The van der Waals surface area contributed by atoms with Gasteiger partial charge in [-0.05, 0) is 60.4 Å². The highest BCUT2D eigenvalue weighted by atomic mass is 16.5. The number of carbonyl (C=O) groups excluding carboxylic acids is 1. The van der Waals surface area contributed by atoms with Crippen LogP contribution in [-0.4, -0.2) is 19.1 Å². The lowest BCUT2D eigenvalue weighted by molar-refractivity contribution is 0.0951. The Morgan fingerprint density at radius 2 is 1.69 bits per heavy atom. The fourth-order valence-corrected chi connectivity index (χ4v) is 3.71. The number of benzene rings is 3. The summed E-state index contributed by atoms with van der Waals surface area (Å²) in [4.78, 5) is 14.9. The minimum absolute atomic E-state index is 0.0584. The number of rotatable bonds is 7. The Labute approximate surface area is 172 Å². The van der Waals surface area contributed by atoms with Crippen LogP contribution in [0.1, 0.15) is 34.0 Å². The number of fused-ring (bicyclic) bond motifs is 1. The van der Waals surface area contributed by atoms with Crippen molar-refractivity contribution in [1.82, 2.24) is 5.32 Å². The van der Waals surface area contributed by atoms with E-state index in [9.17, 15) is 4.79 Å². The Balaban J connectivity index is 1.32. The number of carbonyl (C=O) groups is 1. The van der Waals surface area contributed by atoms with E-state index in [1.54, 1.807) is 0 Å². The molecule has 1 amide bonds. The largest absolute Gasteiger partial charge is 0.494 e. The molecule has 0 aliphatic carbocycles. The summed E-state index contributed by atoms with van der Waals surface area (Å²) >= 11 is 0. The number of amides is 1. The summed E-state index contributed by atoms with van der Waals surface area (Å²) in [7, 11) is 0. The molecule has 0 unspecified atom stereocenters. The highest BCUT2D eigenvalue weighted by molar-refractivity contribution is 5.94. The fraction of sp³-hybridized carbons (Fsp3) is 0.240. The van der Waals surface area contributed by atoms with Crippen molar-refractivity contribution in [1.29, 1.82) is 0 Å². The topological polar surface area (TPSA) is 41.6 Å². The van der Waals surface area contributed by atoms with Gasteiger partial charge >= 0.3 is 0 Å². The molecule has 1 heterocycles. The van der Waals surface area contributed by atoms with Gasteiger partial charge in [-0.15, -0.1) is 0 Å². The molecule has 3 aromatic rings. The lowest BCUT2D eigenvalue weighted by Crippen LogP contribution is -2.23. The summed E-state index contributed by atoms with van der Waals surface area (Å²) in [6, 6.07) is 24.3. The molecule has 1 aliphatic rings. The van der Waals surface area contributed by atoms with Gasteiger partial charge in [-0.1, -0.05) is 42.5 Å². The second-order valence-electron chi connectivity index (χ2n) is 7.26. The third-order valence-corrected chi connectivity index (χ3v) is 5.26. The van der Waals surface area contributed by atoms with Gasteiger partial charge in [-0.3, -0.25) is 4.79 Å². The van der Waals surface area contributed by atoms with Crippen LogP contribution in [-0.2, 0) is 19.5 Å². The Kier molecular flexibility index (Phi) is 5.80. The van der Waals surface area contributed by atoms with E-state index in [1.165, 1.54) is 16.8 Å². The molecule has 148 valence electrons. The van der Waals surface area contributed by atoms with Crippen molar-refractivity contribution in [2.24, 2.45) is 0 Å². The highest BCUT2D eigenvalue weighted by Crippen LogP contribution is 2.28. The van der Waals surface area contributed by atoms with Crippen LogP contribution in [0, 0.1) is 0 Å². The summed E-state index contributed by atoms with van der Waals surface area (Å²) in [6.07, 6.45) is 1.10. The van der Waals surface area contributed by atoms with E-state index in [0.29, 0.717) is 18.7 Å². The maximum absolute atomic E-state index is 12.5. The molecule has 29 heavy (non-hydrogen) atoms. The van der Waals surface area contributed by atoms with E-state index >= 15 is 0 Å². The third kappa shape index (κ3) is 4.60. The molecule has 0 radical (unpaired) electrons. The SMILES string of the molecule is CCOc1ccc(CNC(=O)c2ccc(CN3CCc4ccccc43)cc2)cc1. The van der Waals surface area contributed by atoms with Gasteiger partial charge in [0.2, 0.25) is 0 Å². The first kappa shape index (κ1) is 19.1. The van der Waals surface area contributed by atoms with E-state index in [4.69, 9.17) is 4.74 Å². The van der Waals surface area contributed by atoms with Crippen molar-refractivity contribution >= 4 is 11.6 Å². The predicted octanol–water partition coefficient (Wildman–Crippen LogP) is 4.58. The molecule has 0 bridgehead atoms. The molecule has 4 nitrogen and oxygen atoms in total. The Bertz CT molecular complexity index is 965. The average molecular weight is 386 g/mol. The zero-order valence-corrected chi connectivity index (χ0v) is 16.7. The molecule has 0 fully saturated rings. The zero-order chi connectivity index (χ0) is 20.1. The molecule has 4 heteroatoms. The summed E-state index contributed by atoms with van der Waals surface area (Å²) < 4.78 is 5.44. The van der Waals surface area contributed by atoms with Gasteiger partial charge < -0.3 is 15.0 Å². The van der Waals surface area contributed by atoms with E-state index in [0.717, 1.165) is 30.8 Å². The van der Waals surface area contributed by atoms with Gasteiger partial charge in [0.05, 0.1) is 6.61 Å². The van der Waals surface area contributed by atoms with Gasteiger partial charge in [0.15, 0.2) is 0 Å². The summed E-state index contributed by atoms with van der Waals surface area (Å²) in [5.41, 5.74) is 5.68. The van der Waals surface area contributed by atoms with E-state index in [1.807, 2.05) is 55.5 Å². The molecule has 1 N–H and O–H groups in total. The Morgan fingerprint density at radius 1 is 0.966 bits per heavy atom. The van der Waals surface area contributed by atoms with E-state index in [-0.39, 0.29) is 5.91 Å². The average Bonchev–Trinajstić information content (AvgIpc) is 3.17. The number of nitrogens with zero attached hydrogens (tertiary/aromatic N) is 1. The van der Waals surface area contributed by atoms with Crippen LogP contribution in [0.2, 0.25) is 0 Å². The number of hydrogen-bond acceptors (Lipinski definition) is 3. The van der Waals surface area contributed by atoms with Gasteiger partial charge in [-0.25, -0.2) is 0 Å². The van der Waals surface area contributed by atoms with Crippen molar-refractivity contribution in [2.45, 2.75) is 26.4 Å². The van der Waals surface area contributed by atoms with E-state index < -0.39 is 0 Å². The third-order valence-electron chi connectivity index (χ3n) is 5.26. The summed E-state index contributed by atoms with van der Waals surface area (Å²) in [5.74, 6) is 0.788. The normalized spacial score (nSPS) is 12.5. The number of nitrogens with one attached hydrogen (secondary N) is 1. The highest BCUT2D eigenvalue weighted by Gasteiger charge is 2.18. The smallest absolute Gasteiger partial charge is 0.251 e. The summed E-state index contributed by atoms with van der Waals surface area (Å²) in [6.45, 7) is 5.02. The molecule has 0 saturated carbocycles. The molecular weight excluding hydrogens is 360 g/mol. The number of hydrogen-bond donors (Lipinski definition) is 1.